The maximum atomic E-state index is 10.2. The SMILES string of the molecule is CC(=N)c1ccc([N+](=O)[O-])cc1.CCC(C)C(=N)c1cncc(-c2cccs2)c1. The number of rotatable bonds is 6. The highest BCUT2D eigenvalue weighted by Gasteiger charge is 2.10. The summed E-state index contributed by atoms with van der Waals surface area (Å²) in [4.78, 5) is 15.2. The quantitative estimate of drug-likeness (QED) is 0.288. The molecule has 2 aromatic heterocycles. The molecular formula is C22H24N4O2S. The molecule has 1 atom stereocenters. The van der Waals surface area contributed by atoms with Crippen molar-refractivity contribution in [2.75, 3.05) is 0 Å². The van der Waals surface area contributed by atoms with Crippen molar-refractivity contribution in [1.29, 1.82) is 10.8 Å². The topological polar surface area (TPSA) is 104 Å². The van der Waals surface area contributed by atoms with Crippen LogP contribution in [0.3, 0.4) is 0 Å². The van der Waals surface area contributed by atoms with E-state index in [9.17, 15) is 10.1 Å². The van der Waals surface area contributed by atoms with Gasteiger partial charge in [0.15, 0.2) is 0 Å². The molecule has 0 aliphatic rings. The van der Waals surface area contributed by atoms with E-state index in [4.69, 9.17) is 10.8 Å². The van der Waals surface area contributed by atoms with Crippen molar-refractivity contribution in [3.05, 3.63) is 81.5 Å². The van der Waals surface area contributed by atoms with E-state index in [0.717, 1.165) is 17.5 Å². The van der Waals surface area contributed by atoms with Gasteiger partial charge in [0.25, 0.3) is 5.69 Å². The third-order valence-electron chi connectivity index (χ3n) is 4.47. The van der Waals surface area contributed by atoms with Crippen LogP contribution in [0, 0.1) is 26.9 Å². The Balaban J connectivity index is 0.000000221. The highest BCUT2D eigenvalue weighted by molar-refractivity contribution is 7.13. The van der Waals surface area contributed by atoms with Gasteiger partial charge in [-0.1, -0.05) is 19.9 Å². The Kier molecular flexibility index (Phi) is 7.91. The fourth-order valence-corrected chi connectivity index (χ4v) is 3.20. The van der Waals surface area contributed by atoms with Crippen molar-refractivity contribution in [3.63, 3.8) is 0 Å². The zero-order valence-electron chi connectivity index (χ0n) is 16.7. The van der Waals surface area contributed by atoms with Gasteiger partial charge in [-0.25, -0.2) is 0 Å². The molecule has 0 saturated heterocycles. The number of aromatic nitrogens is 1. The first kappa shape index (κ1) is 22.1. The summed E-state index contributed by atoms with van der Waals surface area (Å²) in [5.41, 5.74) is 3.89. The minimum atomic E-state index is -0.455. The maximum Gasteiger partial charge on any atom is 0.269 e. The zero-order valence-corrected chi connectivity index (χ0v) is 17.5. The number of pyridine rings is 1. The number of benzene rings is 1. The fourth-order valence-electron chi connectivity index (χ4n) is 2.49. The van der Waals surface area contributed by atoms with Gasteiger partial charge in [-0.15, -0.1) is 11.3 Å². The van der Waals surface area contributed by atoms with Crippen LogP contribution in [0.5, 0.6) is 0 Å². The van der Waals surface area contributed by atoms with E-state index in [1.165, 1.54) is 17.0 Å². The molecule has 6 nitrogen and oxygen atoms in total. The standard InChI is InChI=1S/C14H16N2S.C8H8N2O2/c1-3-10(2)14(15)12-7-11(8-16-9-12)13-5-4-6-17-13;1-6(9)7-2-4-8(5-3-7)10(11)12/h4-10,15H,3H2,1-2H3;2-5,9H,1H3. The van der Waals surface area contributed by atoms with E-state index in [0.29, 0.717) is 17.0 Å². The number of nitrogens with zero attached hydrogens (tertiary/aromatic N) is 2. The van der Waals surface area contributed by atoms with Gasteiger partial charge in [0.05, 0.1) is 4.92 Å². The van der Waals surface area contributed by atoms with Crippen LogP contribution in [0.4, 0.5) is 5.69 Å². The van der Waals surface area contributed by atoms with Gasteiger partial charge < -0.3 is 10.8 Å². The highest BCUT2D eigenvalue weighted by Crippen LogP contribution is 2.25. The summed E-state index contributed by atoms with van der Waals surface area (Å²) in [6, 6.07) is 12.1. The van der Waals surface area contributed by atoms with E-state index < -0.39 is 4.92 Å². The largest absolute Gasteiger partial charge is 0.305 e. The minimum Gasteiger partial charge on any atom is -0.305 e. The lowest BCUT2D eigenvalue weighted by Gasteiger charge is -2.11. The number of nitro benzene ring substituents is 1. The average Bonchev–Trinajstić information content (AvgIpc) is 3.28. The smallest absolute Gasteiger partial charge is 0.269 e. The van der Waals surface area contributed by atoms with Crippen molar-refractivity contribution < 1.29 is 4.92 Å². The maximum absolute atomic E-state index is 10.2. The van der Waals surface area contributed by atoms with Crippen molar-refractivity contribution in [3.8, 4) is 10.4 Å². The number of non-ortho nitro benzene ring substituents is 1. The van der Waals surface area contributed by atoms with Crippen LogP contribution in [0.1, 0.15) is 38.3 Å². The summed E-state index contributed by atoms with van der Waals surface area (Å²) in [6.45, 7) is 5.83. The Labute approximate surface area is 174 Å². The van der Waals surface area contributed by atoms with Crippen LogP contribution < -0.4 is 0 Å². The van der Waals surface area contributed by atoms with E-state index in [-0.39, 0.29) is 11.6 Å². The van der Waals surface area contributed by atoms with Gasteiger partial charge >= 0.3 is 0 Å². The third kappa shape index (κ3) is 6.15. The molecule has 0 amide bonds. The fraction of sp³-hybridized carbons (Fsp3) is 0.227. The summed E-state index contributed by atoms with van der Waals surface area (Å²) in [5, 5.41) is 27.7. The van der Waals surface area contributed by atoms with Gasteiger partial charge in [-0.3, -0.25) is 15.1 Å². The van der Waals surface area contributed by atoms with E-state index >= 15 is 0 Å². The predicted octanol–water partition coefficient (Wildman–Crippen LogP) is 6.21. The normalized spacial score (nSPS) is 11.1. The van der Waals surface area contributed by atoms with Gasteiger partial charge in [0.2, 0.25) is 0 Å². The summed E-state index contributed by atoms with van der Waals surface area (Å²) >= 11 is 1.70. The van der Waals surface area contributed by atoms with Crippen LogP contribution in [0.2, 0.25) is 0 Å². The lowest BCUT2D eigenvalue weighted by Crippen LogP contribution is -2.10. The van der Waals surface area contributed by atoms with Crippen LogP contribution in [0.25, 0.3) is 10.4 Å². The first-order valence-corrected chi connectivity index (χ1v) is 10.1. The minimum absolute atomic E-state index is 0.0556. The summed E-state index contributed by atoms with van der Waals surface area (Å²) in [6.07, 6.45) is 4.63. The van der Waals surface area contributed by atoms with Crippen molar-refractivity contribution in [1.82, 2.24) is 4.98 Å². The Morgan fingerprint density at radius 1 is 1.17 bits per heavy atom. The lowest BCUT2D eigenvalue weighted by atomic mass is 9.96. The van der Waals surface area contributed by atoms with E-state index in [2.05, 4.69) is 36.3 Å². The second kappa shape index (κ2) is 10.4. The molecule has 0 fully saturated rings. The number of nitro groups is 1. The molecule has 2 heterocycles. The van der Waals surface area contributed by atoms with Crippen molar-refractivity contribution in [2.45, 2.75) is 27.2 Å². The molecule has 0 aliphatic carbocycles. The molecule has 0 bridgehead atoms. The molecule has 1 unspecified atom stereocenters. The van der Waals surface area contributed by atoms with E-state index in [1.54, 1.807) is 36.6 Å². The van der Waals surface area contributed by atoms with Crippen LogP contribution in [0.15, 0.2) is 60.2 Å². The summed E-state index contributed by atoms with van der Waals surface area (Å²) in [7, 11) is 0. The van der Waals surface area contributed by atoms with Crippen LogP contribution >= 0.6 is 11.3 Å². The Hall–Kier alpha value is -3.19. The zero-order chi connectivity index (χ0) is 21.4. The summed E-state index contributed by atoms with van der Waals surface area (Å²) in [5.74, 6) is 0.287. The lowest BCUT2D eigenvalue weighted by molar-refractivity contribution is -0.384. The second-order valence-corrected chi connectivity index (χ2v) is 7.54. The third-order valence-corrected chi connectivity index (χ3v) is 5.39. The molecule has 2 N–H and O–H groups in total. The molecule has 1 aromatic carbocycles. The van der Waals surface area contributed by atoms with Gasteiger partial charge in [-0.05, 0) is 54.5 Å². The highest BCUT2D eigenvalue weighted by atomic mass is 32.1. The first-order chi connectivity index (χ1) is 13.8. The molecule has 29 heavy (non-hydrogen) atoms. The average molecular weight is 409 g/mol. The van der Waals surface area contributed by atoms with Crippen molar-refractivity contribution >= 4 is 28.4 Å². The number of hydrogen-bond acceptors (Lipinski definition) is 6. The van der Waals surface area contributed by atoms with Gasteiger partial charge in [-0.2, -0.15) is 0 Å². The molecule has 150 valence electrons. The van der Waals surface area contributed by atoms with Gasteiger partial charge in [0.1, 0.15) is 0 Å². The van der Waals surface area contributed by atoms with Crippen molar-refractivity contribution in [2.24, 2.45) is 5.92 Å². The Morgan fingerprint density at radius 2 is 1.86 bits per heavy atom. The Bertz CT molecular complexity index is 949. The molecule has 0 saturated carbocycles. The van der Waals surface area contributed by atoms with Crippen LogP contribution in [-0.2, 0) is 0 Å². The molecule has 0 spiro atoms. The number of hydrogen-bond donors (Lipinski definition) is 2. The Morgan fingerprint density at radius 3 is 2.38 bits per heavy atom. The van der Waals surface area contributed by atoms with Crippen LogP contribution in [-0.4, -0.2) is 21.3 Å². The van der Waals surface area contributed by atoms with E-state index in [1.807, 2.05) is 12.3 Å². The van der Waals surface area contributed by atoms with Gasteiger partial charge in [0, 0.05) is 52.0 Å². The summed E-state index contributed by atoms with van der Waals surface area (Å²) < 4.78 is 0. The monoisotopic (exact) mass is 408 g/mol. The molecule has 0 aliphatic heterocycles. The molecular weight excluding hydrogens is 384 g/mol. The second-order valence-electron chi connectivity index (χ2n) is 6.59. The first-order valence-electron chi connectivity index (χ1n) is 9.21. The molecule has 3 aromatic rings. The molecule has 0 radical (unpaired) electrons. The number of nitrogens with one attached hydrogen (secondary N) is 2. The molecule has 3 rings (SSSR count). The predicted molar refractivity (Wildman–Crippen MR) is 119 cm³/mol. The molecule has 7 heteroatoms. The number of thiophene rings is 1.